The van der Waals surface area contributed by atoms with E-state index >= 15 is 0 Å². The Bertz CT molecular complexity index is 1010. The number of aromatic nitrogens is 2. The molecular weight excluding hydrogens is 435 g/mol. The first-order valence-corrected chi connectivity index (χ1v) is 11.2. The molecule has 1 aromatic heterocycles. The summed E-state index contributed by atoms with van der Waals surface area (Å²) in [5.41, 5.74) is -0.148. The quantitative estimate of drug-likeness (QED) is 0.659. The Morgan fingerprint density at radius 1 is 1.23 bits per heavy atom. The molecule has 7 nitrogen and oxygen atoms in total. The highest BCUT2D eigenvalue weighted by molar-refractivity contribution is 7.89. The fourth-order valence-electron chi connectivity index (χ4n) is 3.05. The van der Waals surface area contributed by atoms with Gasteiger partial charge in [0, 0.05) is 30.8 Å². The number of alkyl halides is 3. The molecule has 0 bridgehead atoms. The summed E-state index contributed by atoms with van der Waals surface area (Å²) >= 11 is 0. The largest absolute Gasteiger partial charge is 0.475 e. The molecule has 1 unspecified atom stereocenters. The number of aryl methyl sites for hydroxylation is 1. The zero-order chi connectivity index (χ0) is 22.8. The molecule has 0 amide bonds. The molecular formula is C20H24F3N3O4S. The van der Waals surface area contributed by atoms with E-state index in [4.69, 9.17) is 9.47 Å². The number of halogens is 3. The van der Waals surface area contributed by atoms with Crippen LogP contribution in [0.4, 0.5) is 13.2 Å². The maximum Gasteiger partial charge on any atom is 0.416 e. The average Bonchev–Trinajstić information content (AvgIpc) is 2.71. The monoisotopic (exact) mass is 459 g/mol. The van der Waals surface area contributed by atoms with Gasteiger partial charge in [-0.2, -0.15) is 22.5 Å². The van der Waals surface area contributed by atoms with Crippen molar-refractivity contribution in [2.75, 3.05) is 26.3 Å². The van der Waals surface area contributed by atoms with Gasteiger partial charge in [-0.1, -0.05) is 13.8 Å². The molecule has 1 atom stereocenters. The third-order valence-corrected chi connectivity index (χ3v) is 6.58. The molecule has 1 aliphatic rings. The van der Waals surface area contributed by atoms with Crippen LogP contribution in [-0.4, -0.2) is 55.1 Å². The summed E-state index contributed by atoms with van der Waals surface area (Å²) in [7, 11) is -3.96. The van der Waals surface area contributed by atoms with Crippen molar-refractivity contribution in [3.63, 3.8) is 0 Å². The van der Waals surface area contributed by atoms with Crippen LogP contribution in [0.5, 0.6) is 5.88 Å². The number of benzene rings is 1. The lowest BCUT2D eigenvalue weighted by Gasteiger charge is -2.32. The van der Waals surface area contributed by atoms with E-state index in [-0.39, 0.29) is 37.1 Å². The van der Waals surface area contributed by atoms with Gasteiger partial charge in [-0.25, -0.2) is 13.4 Å². The fraction of sp³-hybridized carbons (Fsp3) is 0.500. The van der Waals surface area contributed by atoms with Gasteiger partial charge in [-0.05, 0) is 31.2 Å². The van der Waals surface area contributed by atoms with Crippen molar-refractivity contribution in [1.82, 2.24) is 14.3 Å². The molecule has 31 heavy (non-hydrogen) atoms. The van der Waals surface area contributed by atoms with Gasteiger partial charge in [-0.15, -0.1) is 0 Å². The molecule has 3 rings (SSSR count). The lowest BCUT2D eigenvalue weighted by molar-refractivity contribution is -0.137. The molecule has 11 heteroatoms. The highest BCUT2D eigenvalue weighted by Gasteiger charge is 2.33. The van der Waals surface area contributed by atoms with E-state index in [1.807, 2.05) is 20.8 Å². The van der Waals surface area contributed by atoms with Crippen LogP contribution >= 0.6 is 0 Å². The normalized spacial score (nSPS) is 18.4. The van der Waals surface area contributed by atoms with Crippen molar-refractivity contribution in [3.8, 4) is 5.88 Å². The summed E-state index contributed by atoms with van der Waals surface area (Å²) in [6.45, 7) is 6.10. The van der Waals surface area contributed by atoms with Crippen molar-refractivity contribution < 1.29 is 31.1 Å². The summed E-state index contributed by atoms with van der Waals surface area (Å²) in [6.07, 6.45) is -5.07. The first kappa shape index (κ1) is 23.4. The van der Waals surface area contributed by atoms with E-state index in [1.54, 1.807) is 6.07 Å². The van der Waals surface area contributed by atoms with Crippen LogP contribution in [0.3, 0.4) is 0 Å². The van der Waals surface area contributed by atoms with Gasteiger partial charge in [0.05, 0.1) is 17.1 Å². The summed E-state index contributed by atoms with van der Waals surface area (Å²) in [6, 6.07) is 5.15. The van der Waals surface area contributed by atoms with E-state index < -0.39 is 27.9 Å². The first-order chi connectivity index (χ1) is 14.5. The van der Waals surface area contributed by atoms with E-state index in [0.29, 0.717) is 11.7 Å². The van der Waals surface area contributed by atoms with Crippen LogP contribution in [-0.2, 0) is 20.9 Å². The summed E-state index contributed by atoms with van der Waals surface area (Å²) in [4.78, 5) is 8.50. The third-order valence-electron chi connectivity index (χ3n) is 4.70. The highest BCUT2D eigenvalue weighted by Crippen LogP contribution is 2.30. The SMILES string of the molecule is Cc1cc(OCC2CN(S(=O)(=O)c3ccc(C(F)(F)F)cc3)CCO2)nc(C(C)C)n1. The minimum Gasteiger partial charge on any atom is -0.475 e. The number of hydrogen-bond acceptors (Lipinski definition) is 6. The summed E-state index contributed by atoms with van der Waals surface area (Å²) < 4.78 is 76.5. The fourth-order valence-corrected chi connectivity index (χ4v) is 4.50. The Hall–Kier alpha value is -2.24. The molecule has 0 spiro atoms. The summed E-state index contributed by atoms with van der Waals surface area (Å²) in [5, 5.41) is 0. The molecule has 2 heterocycles. The van der Waals surface area contributed by atoms with Crippen molar-refractivity contribution in [1.29, 1.82) is 0 Å². The average molecular weight is 459 g/mol. The minimum absolute atomic E-state index is 0.0183. The molecule has 1 aliphatic heterocycles. The zero-order valence-corrected chi connectivity index (χ0v) is 18.2. The third kappa shape index (κ3) is 5.72. The van der Waals surface area contributed by atoms with E-state index in [9.17, 15) is 21.6 Å². The number of morpholine rings is 1. The Morgan fingerprint density at radius 3 is 2.52 bits per heavy atom. The van der Waals surface area contributed by atoms with Crippen molar-refractivity contribution in [2.45, 2.75) is 43.9 Å². The van der Waals surface area contributed by atoms with Gasteiger partial charge in [0.2, 0.25) is 15.9 Å². The summed E-state index contributed by atoms with van der Waals surface area (Å²) in [5.74, 6) is 1.14. The predicted molar refractivity (Wildman–Crippen MR) is 106 cm³/mol. The standard InChI is InChI=1S/C20H24F3N3O4S/c1-13(2)19-24-14(3)10-18(25-19)30-12-16-11-26(8-9-29-16)31(27,28)17-6-4-15(5-7-17)20(21,22)23/h4-7,10,13,16H,8-9,11-12H2,1-3H3. The molecule has 0 N–H and O–H groups in total. The van der Waals surface area contributed by atoms with Crippen LogP contribution in [0, 0.1) is 6.92 Å². The highest BCUT2D eigenvalue weighted by atomic mass is 32.2. The van der Waals surface area contributed by atoms with Crippen molar-refractivity contribution in [3.05, 3.63) is 47.4 Å². The Morgan fingerprint density at radius 2 is 1.90 bits per heavy atom. The van der Waals surface area contributed by atoms with Gasteiger partial charge in [0.15, 0.2) is 0 Å². The molecule has 170 valence electrons. The Kier molecular flexibility index (Phi) is 6.87. The second kappa shape index (κ2) is 9.09. The van der Waals surface area contributed by atoms with Crippen molar-refractivity contribution in [2.24, 2.45) is 0 Å². The van der Waals surface area contributed by atoms with Crippen LogP contribution in [0.15, 0.2) is 35.2 Å². The Labute approximate surface area is 179 Å². The molecule has 1 aromatic carbocycles. The molecule has 0 aliphatic carbocycles. The smallest absolute Gasteiger partial charge is 0.416 e. The van der Waals surface area contributed by atoms with E-state index in [2.05, 4.69) is 9.97 Å². The molecule has 2 aromatic rings. The number of nitrogens with zero attached hydrogens (tertiary/aromatic N) is 3. The zero-order valence-electron chi connectivity index (χ0n) is 17.4. The molecule has 1 saturated heterocycles. The van der Waals surface area contributed by atoms with Gasteiger partial charge >= 0.3 is 6.18 Å². The topological polar surface area (TPSA) is 81.6 Å². The predicted octanol–water partition coefficient (Wildman–Crippen LogP) is 3.40. The molecule has 1 fully saturated rings. The molecule has 0 radical (unpaired) electrons. The first-order valence-electron chi connectivity index (χ1n) is 9.74. The van der Waals surface area contributed by atoms with Crippen LogP contribution in [0.2, 0.25) is 0 Å². The number of ether oxygens (including phenoxy) is 2. The maximum atomic E-state index is 12.9. The second-order valence-electron chi connectivity index (χ2n) is 7.55. The van der Waals surface area contributed by atoms with Crippen LogP contribution in [0.25, 0.3) is 0 Å². The van der Waals surface area contributed by atoms with Crippen LogP contribution < -0.4 is 4.74 Å². The lowest BCUT2D eigenvalue weighted by Crippen LogP contribution is -2.47. The van der Waals surface area contributed by atoms with Gasteiger partial charge < -0.3 is 9.47 Å². The van der Waals surface area contributed by atoms with Crippen LogP contribution in [0.1, 0.15) is 36.8 Å². The van der Waals surface area contributed by atoms with E-state index in [1.165, 1.54) is 4.31 Å². The number of sulfonamides is 1. The van der Waals surface area contributed by atoms with Gasteiger partial charge in [-0.3, -0.25) is 0 Å². The second-order valence-corrected chi connectivity index (χ2v) is 9.49. The lowest BCUT2D eigenvalue weighted by atomic mass is 10.2. The minimum atomic E-state index is -4.53. The Balaban J connectivity index is 1.67. The van der Waals surface area contributed by atoms with Gasteiger partial charge in [0.25, 0.3) is 0 Å². The van der Waals surface area contributed by atoms with E-state index in [0.717, 1.165) is 30.0 Å². The molecule has 0 saturated carbocycles. The number of hydrogen-bond donors (Lipinski definition) is 0. The van der Waals surface area contributed by atoms with Crippen molar-refractivity contribution >= 4 is 10.0 Å². The van der Waals surface area contributed by atoms with Gasteiger partial charge in [0.1, 0.15) is 18.5 Å². The number of rotatable bonds is 6. The maximum absolute atomic E-state index is 12.9.